The van der Waals surface area contributed by atoms with Crippen LogP contribution in [0.25, 0.3) is 0 Å². The van der Waals surface area contributed by atoms with Crippen LogP contribution in [-0.4, -0.2) is 11.3 Å². The molecule has 0 bridgehead atoms. The minimum Gasteiger partial charge on any atom is -0.379 e. The Bertz CT molecular complexity index is 270. The number of halogens is 4. The molecule has 1 N–H and O–H groups in total. The fraction of sp³-hybridized carbons (Fsp3) is 0.333. The van der Waals surface area contributed by atoms with Crippen molar-refractivity contribution in [2.45, 2.75) is 12.3 Å². The van der Waals surface area contributed by atoms with Crippen molar-refractivity contribution in [1.29, 1.82) is 0 Å². The lowest BCUT2D eigenvalue weighted by atomic mass is 10.3. The van der Waals surface area contributed by atoms with Gasteiger partial charge in [0.05, 0.1) is 0 Å². The van der Waals surface area contributed by atoms with Crippen LogP contribution in [-0.2, 0) is 0 Å². The molecule has 1 aromatic heterocycles. The Morgan fingerprint density at radius 1 is 1.50 bits per heavy atom. The molecule has 1 unspecified atom stereocenters. The molecule has 1 atom stereocenters. The van der Waals surface area contributed by atoms with E-state index in [0.717, 1.165) is 11.3 Å². The van der Waals surface area contributed by atoms with Gasteiger partial charge in [0.15, 0.2) is 6.10 Å². The van der Waals surface area contributed by atoms with Gasteiger partial charge in [0, 0.05) is 14.7 Å². The van der Waals surface area contributed by atoms with Crippen LogP contribution < -0.4 is 0 Å². The third-order valence-electron chi connectivity index (χ3n) is 1.17. The minimum absolute atomic E-state index is 0.102. The molecule has 0 saturated carbocycles. The molecule has 0 saturated heterocycles. The molecule has 12 heavy (non-hydrogen) atoms. The summed E-state index contributed by atoms with van der Waals surface area (Å²) < 4.78 is 36.2. The van der Waals surface area contributed by atoms with Crippen LogP contribution in [0.2, 0.25) is 0 Å². The molecular formula is C6H4BrF3OS. The van der Waals surface area contributed by atoms with Gasteiger partial charge in [-0.2, -0.15) is 13.2 Å². The maximum absolute atomic E-state index is 11.9. The van der Waals surface area contributed by atoms with Crippen LogP contribution >= 0.6 is 27.3 Å². The van der Waals surface area contributed by atoms with Crippen LogP contribution in [0.15, 0.2) is 15.9 Å². The zero-order chi connectivity index (χ0) is 9.35. The van der Waals surface area contributed by atoms with Gasteiger partial charge in [0.25, 0.3) is 0 Å². The van der Waals surface area contributed by atoms with Gasteiger partial charge in [-0.1, -0.05) is 0 Å². The number of rotatable bonds is 1. The van der Waals surface area contributed by atoms with Gasteiger partial charge in [0.2, 0.25) is 0 Å². The monoisotopic (exact) mass is 260 g/mol. The van der Waals surface area contributed by atoms with Crippen LogP contribution in [0, 0.1) is 0 Å². The van der Waals surface area contributed by atoms with E-state index in [0.29, 0.717) is 4.47 Å². The summed E-state index contributed by atoms with van der Waals surface area (Å²) in [5, 5.41) is 10.2. The van der Waals surface area contributed by atoms with Crippen molar-refractivity contribution in [1.82, 2.24) is 0 Å². The molecular weight excluding hydrogens is 257 g/mol. The lowest BCUT2D eigenvalue weighted by Gasteiger charge is -2.11. The maximum Gasteiger partial charge on any atom is 0.419 e. The number of aliphatic hydroxyl groups excluding tert-OH is 1. The first-order chi connectivity index (χ1) is 5.41. The number of hydrogen-bond acceptors (Lipinski definition) is 2. The van der Waals surface area contributed by atoms with Crippen molar-refractivity contribution in [3.05, 3.63) is 20.8 Å². The summed E-state index contributed by atoms with van der Waals surface area (Å²) in [6.45, 7) is 0. The van der Waals surface area contributed by atoms with Gasteiger partial charge in [0.1, 0.15) is 0 Å². The van der Waals surface area contributed by atoms with Crippen molar-refractivity contribution in [2.24, 2.45) is 0 Å². The predicted molar refractivity (Wildman–Crippen MR) is 43.0 cm³/mol. The molecule has 1 rings (SSSR count). The largest absolute Gasteiger partial charge is 0.419 e. The summed E-state index contributed by atoms with van der Waals surface area (Å²) in [6.07, 6.45) is -6.95. The average Bonchev–Trinajstić information content (AvgIpc) is 2.32. The molecule has 1 heterocycles. The Labute approximate surface area is 79.0 Å². The fourth-order valence-electron chi connectivity index (χ4n) is 0.633. The zero-order valence-corrected chi connectivity index (χ0v) is 8.00. The first-order valence-corrected chi connectivity index (χ1v) is 4.57. The van der Waals surface area contributed by atoms with Crippen molar-refractivity contribution in [3.8, 4) is 0 Å². The van der Waals surface area contributed by atoms with Crippen LogP contribution in [0.5, 0.6) is 0 Å². The lowest BCUT2D eigenvalue weighted by Crippen LogP contribution is -2.18. The summed E-state index contributed by atoms with van der Waals surface area (Å²) in [6, 6.07) is 1.25. The van der Waals surface area contributed by atoms with E-state index < -0.39 is 12.3 Å². The van der Waals surface area contributed by atoms with Gasteiger partial charge in [-0.15, -0.1) is 11.3 Å². The Morgan fingerprint density at radius 3 is 2.42 bits per heavy atom. The molecule has 1 nitrogen and oxygen atoms in total. The Hall–Kier alpha value is -0.0700. The van der Waals surface area contributed by atoms with Gasteiger partial charge in [-0.05, 0) is 22.0 Å². The topological polar surface area (TPSA) is 20.2 Å². The molecule has 0 aromatic carbocycles. The molecule has 68 valence electrons. The van der Waals surface area contributed by atoms with Crippen LogP contribution in [0.1, 0.15) is 11.0 Å². The summed E-state index contributed by atoms with van der Waals surface area (Å²) >= 11 is 3.87. The molecule has 6 heteroatoms. The van der Waals surface area contributed by atoms with E-state index in [1.165, 1.54) is 11.4 Å². The summed E-state index contributed by atoms with van der Waals surface area (Å²) in [7, 11) is 0. The van der Waals surface area contributed by atoms with Gasteiger partial charge >= 0.3 is 6.18 Å². The highest BCUT2D eigenvalue weighted by molar-refractivity contribution is 9.10. The van der Waals surface area contributed by atoms with Crippen LogP contribution in [0.3, 0.4) is 0 Å². The molecule has 1 aromatic rings. The molecule has 0 fully saturated rings. The molecule has 0 aliphatic heterocycles. The fourth-order valence-corrected chi connectivity index (χ4v) is 2.09. The van der Waals surface area contributed by atoms with E-state index in [9.17, 15) is 13.2 Å². The van der Waals surface area contributed by atoms with E-state index in [2.05, 4.69) is 15.9 Å². The number of thiophene rings is 1. The van der Waals surface area contributed by atoms with Gasteiger partial charge in [-0.25, -0.2) is 0 Å². The first kappa shape index (κ1) is 10.0. The second kappa shape index (κ2) is 3.35. The highest BCUT2D eigenvalue weighted by Crippen LogP contribution is 2.36. The van der Waals surface area contributed by atoms with E-state index >= 15 is 0 Å². The third kappa shape index (κ3) is 2.21. The van der Waals surface area contributed by atoms with E-state index in [1.807, 2.05) is 0 Å². The summed E-state index contributed by atoms with van der Waals surface area (Å²) in [5.74, 6) is 0. The van der Waals surface area contributed by atoms with Crippen LogP contribution in [0.4, 0.5) is 13.2 Å². The zero-order valence-electron chi connectivity index (χ0n) is 5.60. The van der Waals surface area contributed by atoms with E-state index in [4.69, 9.17) is 5.11 Å². The molecule has 0 aliphatic rings. The number of aliphatic hydroxyl groups is 1. The Morgan fingerprint density at radius 2 is 2.08 bits per heavy atom. The molecule has 0 amide bonds. The average molecular weight is 261 g/mol. The quantitative estimate of drug-likeness (QED) is 0.823. The Kier molecular flexibility index (Phi) is 2.80. The normalized spacial score (nSPS) is 14.8. The summed E-state index contributed by atoms with van der Waals surface area (Å²) in [5.41, 5.74) is 0. The van der Waals surface area contributed by atoms with Gasteiger partial charge in [-0.3, -0.25) is 0 Å². The first-order valence-electron chi connectivity index (χ1n) is 2.90. The van der Waals surface area contributed by atoms with E-state index in [-0.39, 0.29) is 4.88 Å². The molecule has 0 aliphatic carbocycles. The van der Waals surface area contributed by atoms with Crippen molar-refractivity contribution in [3.63, 3.8) is 0 Å². The number of hydrogen-bond donors (Lipinski definition) is 1. The Balaban J connectivity index is 2.85. The maximum atomic E-state index is 11.9. The highest BCUT2D eigenvalue weighted by Gasteiger charge is 2.40. The van der Waals surface area contributed by atoms with Gasteiger partial charge < -0.3 is 5.11 Å². The van der Waals surface area contributed by atoms with Crippen molar-refractivity contribution in [2.75, 3.05) is 0 Å². The standard InChI is InChI=1S/C6H4BrF3OS/c7-3-1-4(12-2-3)5(11)6(8,9)10/h1-2,5,11H. The summed E-state index contributed by atoms with van der Waals surface area (Å²) in [4.78, 5) is -0.102. The highest BCUT2D eigenvalue weighted by atomic mass is 79.9. The second-order valence-electron chi connectivity index (χ2n) is 2.11. The van der Waals surface area contributed by atoms with Crippen molar-refractivity contribution >= 4 is 27.3 Å². The smallest absolute Gasteiger partial charge is 0.379 e. The predicted octanol–water partition coefficient (Wildman–Crippen LogP) is 3.11. The molecule has 0 spiro atoms. The third-order valence-corrected chi connectivity index (χ3v) is 2.91. The SMILES string of the molecule is OC(c1cc(Br)cs1)C(F)(F)F. The lowest BCUT2D eigenvalue weighted by molar-refractivity contribution is -0.205. The number of alkyl halides is 3. The second-order valence-corrected chi connectivity index (χ2v) is 3.97. The molecule has 0 radical (unpaired) electrons. The van der Waals surface area contributed by atoms with E-state index in [1.54, 1.807) is 0 Å². The van der Waals surface area contributed by atoms with Crippen molar-refractivity contribution < 1.29 is 18.3 Å². The minimum atomic E-state index is -4.58.